The van der Waals surface area contributed by atoms with Gasteiger partial charge in [0.05, 0.1) is 12.1 Å². The number of aliphatic hydroxyl groups excluding tert-OH is 1. The van der Waals surface area contributed by atoms with Crippen molar-refractivity contribution in [2.75, 3.05) is 6.61 Å². The zero-order valence-corrected chi connectivity index (χ0v) is 9.82. The molecular formula is C12H21NO3. The Balaban J connectivity index is 1.86. The van der Waals surface area contributed by atoms with Crippen LogP contribution < -0.4 is 5.32 Å². The molecule has 16 heavy (non-hydrogen) atoms. The van der Waals surface area contributed by atoms with Gasteiger partial charge in [0.25, 0.3) is 0 Å². The van der Waals surface area contributed by atoms with Gasteiger partial charge in [0.15, 0.2) is 0 Å². The zero-order valence-electron chi connectivity index (χ0n) is 9.82. The molecular weight excluding hydrogens is 206 g/mol. The minimum atomic E-state index is -0.380. The van der Waals surface area contributed by atoms with Crippen molar-refractivity contribution >= 4 is 5.91 Å². The summed E-state index contributed by atoms with van der Waals surface area (Å²) in [5.41, 5.74) is 0. The van der Waals surface area contributed by atoms with E-state index in [-0.39, 0.29) is 24.2 Å². The molecule has 1 aliphatic carbocycles. The van der Waals surface area contributed by atoms with Crippen LogP contribution in [0.4, 0.5) is 0 Å². The SMILES string of the molecule is CC1CCOC1C(=O)N[C@@H]1CCCC[C@H]1O. The van der Waals surface area contributed by atoms with E-state index in [9.17, 15) is 9.90 Å². The summed E-state index contributed by atoms with van der Waals surface area (Å²) in [6.07, 6.45) is 4.08. The van der Waals surface area contributed by atoms with Crippen molar-refractivity contribution in [2.24, 2.45) is 5.92 Å². The lowest BCUT2D eigenvalue weighted by Crippen LogP contribution is -2.49. The zero-order chi connectivity index (χ0) is 11.5. The van der Waals surface area contributed by atoms with Gasteiger partial charge in [-0.2, -0.15) is 0 Å². The van der Waals surface area contributed by atoms with Crippen LogP contribution in [0.25, 0.3) is 0 Å². The first-order valence-corrected chi connectivity index (χ1v) is 6.28. The van der Waals surface area contributed by atoms with Gasteiger partial charge in [-0.3, -0.25) is 4.79 Å². The lowest BCUT2D eigenvalue weighted by molar-refractivity contribution is -0.133. The Morgan fingerprint density at radius 3 is 2.69 bits per heavy atom. The van der Waals surface area contributed by atoms with Crippen molar-refractivity contribution in [2.45, 2.75) is 57.3 Å². The number of hydrogen-bond donors (Lipinski definition) is 2. The Morgan fingerprint density at radius 1 is 1.31 bits per heavy atom. The molecule has 4 heteroatoms. The predicted molar refractivity (Wildman–Crippen MR) is 59.9 cm³/mol. The number of rotatable bonds is 2. The number of carbonyl (C=O) groups is 1. The number of ether oxygens (including phenoxy) is 1. The van der Waals surface area contributed by atoms with Crippen molar-refractivity contribution in [1.29, 1.82) is 0 Å². The maximum absolute atomic E-state index is 11.9. The van der Waals surface area contributed by atoms with Gasteiger partial charge in [-0.25, -0.2) is 0 Å². The fourth-order valence-electron chi connectivity index (χ4n) is 2.58. The minimum absolute atomic E-state index is 0.0454. The summed E-state index contributed by atoms with van der Waals surface area (Å²) in [5.74, 6) is 0.247. The Hall–Kier alpha value is -0.610. The molecule has 0 spiro atoms. The first-order valence-electron chi connectivity index (χ1n) is 6.28. The van der Waals surface area contributed by atoms with Crippen LogP contribution in [0.2, 0.25) is 0 Å². The van der Waals surface area contributed by atoms with Crippen molar-refractivity contribution in [3.8, 4) is 0 Å². The second kappa shape index (κ2) is 5.15. The van der Waals surface area contributed by atoms with Crippen LogP contribution in [0.5, 0.6) is 0 Å². The summed E-state index contributed by atoms with van der Waals surface area (Å²) in [4.78, 5) is 11.9. The Labute approximate surface area is 96.4 Å². The van der Waals surface area contributed by atoms with E-state index in [2.05, 4.69) is 5.32 Å². The van der Waals surface area contributed by atoms with E-state index in [0.29, 0.717) is 12.5 Å². The van der Waals surface area contributed by atoms with E-state index in [1.165, 1.54) is 0 Å². The lowest BCUT2D eigenvalue weighted by atomic mass is 9.92. The van der Waals surface area contributed by atoms with Gasteiger partial charge in [0.2, 0.25) is 5.91 Å². The molecule has 2 rings (SSSR count). The van der Waals surface area contributed by atoms with Crippen LogP contribution in [-0.4, -0.2) is 35.9 Å². The Bertz CT molecular complexity index is 257. The van der Waals surface area contributed by atoms with E-state index in [1.54, 1.807) is 0 Å². The molecule has 2 aliphatic rings. The molecule has 4 nitrogen and oxygen atoms in total. The van der Waals surface area contributed by atoms with E-state index >= 15 is 0 Å². The highest BCUT2D eigenvalue weighted by atomic mass is 16.5. The lowest BCUT2D eigenvalue weighted by Gasteiger charge is -2.29. The monoisotopic (exact) mass is 227 g/mol. The first kappa shape index (κ1) is 11.9. The molecule has 1 heterocycles. The fraction of sp³-hybridized carbons (Fsp3) is 0.917. The van der Waals surface area contributed by atoms with Gasteiger partial charge in [-0.05, 0) is 25.2 Å². The molecule has 0 aromatic carbocycles. The van der Waals surface area contributed by atoms with Crippen molar-refractivity contribution < 1.29 is 14.6 Å². The van der Waals surface area contributed by atoms with Gasteiger partial charge >= 0.3 is 0 Å². The summed E-state index contributed by atoms with van der Waals surface area (Å²) < 4.78 is 5.41. The summed E-state index contributed by atoms with van der Waals surface area (Å²) in [6.45, 7) is 2.71. The maximum Gasteiger partial charge on any atom is 0.249 e. The normalized spacial score (nSPS) is 39.6. The highest BCUT2D eigenvalue weighted by Crippen LogP contribution is 2.22. The molecule has 1 saturated heterocycles. The molecule has 2 N–H and O–H groups in total. The van der Waals surface area contributed by atoms with Gasteiger partial charge < -0.3 is 15.2 Å². The highest BCUT2D eigenvalue weighted by molar-refractivity contribution is 5.81. The predicted octanol–water partition coefficient (Wildman–Crippen LogP) is 0.831. The van der Waals surface area contributed by atoms with Crippen LogP contribution in [0.15, 0.2) is 0 Å². The second-order valence-electron chi connectivity index (χ2n) is 5.02. The maximum atomic E-state index is 11.9. The van der Waals surface area contributed by atoms with Crippen LogP contribution in [0, 0.1) is 5.92 Å². The van der Waals surface area contributed by atoms with E-state index in [0.717, 1.165) is 32.1 Å². The van der Waals surface area contributed by atoms with Crippen LogP contribution in [-0.2, 0) is 9.53 Å². The number of carbonyl (C=O) groups excluding carboxylic acids is 1. The third kappa shape index (κ3) is 2.55. The number of nitrogens with one attached hydrogen (secondary N) is 1. The highest BCUT2D eigenvalue weighted by Gasteiger charge is 2.33. The van der Waals surface area contributed by atoms with Gasteiger partial charge in [0, 0.05) is 6.61 Å². The molecule has 0 radical (unpaired) electrons. The molecule has 2 fully saturated rings. The van der Waals surface area contributed by atoms with Crippen LogP contribution in [0.3, 0.4) is 0 Å². The largest absolute Gasteiger partial charge is 0.391 e. The van der Waals surface area contributed by atoms with Crippen molar-refractivity contribution in [3.05, 3.63) is 0 Å². The molecule has 1 amide bonds. The molecule has 0 aromatic heterocycles. The summed E-state index contributed by atoms with van der Waals surface area (Å²) in [5, 5.41) is 12.7. The summed E-state index contributed by atoms with van der Waals surface area (Å²) >= 11 is 0. The van der Waals surface area contributed by atoms with E-state index in [4.69, 9.17) is 4.74 Å². The molecule has 1 saturated carbocycles. The van der Waals surface area contributed by atoms with E-state index < -0.39 is 0 Å². The molecule has 0 aromatic rings. The summed E-state index contributed by atoms with van der Waals surface area (Å²) in [7, 11) is 0. The number of hydrogen-bond acceptors (Lipinski definition) is 3. The van der Waals surface area contributed by atoms with Gasteiger partial charge in [0.1, 0.15) is 6.10 Å². The second-order valence-corrected chi connectivity index (χ2v) is 5.02. The Kier molecular flexibility index (Phi) is 3.82. The molecule has 4 atom stereocenters. The average Bonchev–Trinajstić information content (AvgIpc) is 2.68. The Morgan fingerprint density at radius 2 is 2.06 bits per heavy atom. The molecule has 0 bridgehead atoms. The standard InChI is InChI=1S/C12H21NO3/c1-8-6-7-16-11(8)12(15)13-9-4-2-3-5-10(9)14/h8-11,14H,2-7H2,1H3,(H,13,15)/t8?,9-,10-,11?/m1/s1. The third-order valence-electron chi connectivity index (χ3n) is 3.70. The smallest absolute Gasteiger partial charge is 0.249 e. The topological polar surface area (TPSA) is 58.6 Å². The first-order chi connectivity index (χ1) is 7.68. The average molecular weight is 227 g/mol. The number of aliphatic hydroxyl groups is 1. The summed E-state index contributed by atoms with van der Waals surface area (Å²) in [6, 6.07) is -0.0716. The van der Waals surface area contributed by atoms with Crippen LogP contribution in [0.1, 0.15) is 39.0 Å². The quantitative estimate of drug-likeness (QED) is 0.734. The van der Waals surface area contributed by atoms with Crippen molar-refractivity contribution in [1.82, 2.24) is 5.32 Å². The van der Waals surface area contributed by atoms with Crippen LogP contribution >= 0.6 is 0 Å². The number of amides is 1. The minimum Gasteiger partial charge on any atom is -0.391 e. The van der Waals surface area contributed by atoms with Gasteiger partial charge in [-0.1, -0.05) is 19.8 Å². The fourth-order valence-corrected chi connectivity index (χ4v) is 2.58. The third-order valence-corrected chi connectivity index (χ3v) is 3.70. The van der Waals surface area contributed by atoms with Crippen molar-refractivity contribution in [3.63, 3.8) is 0 Å². The molecule has 1 aliphatic heterocycles. The van der Waals surface area contributed by atoms with Gasteiger partial charge in [-0.15, -0.1) is 0 Å². The molecule has 92 valence electrons. The van der Waals surface area contributed by atoms with E-state index in [1.807, 2.05) is 6.92 Å². The molecule has 2 unspecified atom stereocenters.